The van der Waals surface area contributed by atoms with Gasteiger partial charge in [-0.15, -0.1) is 0 Å². The Labute approximate surface area is 132 Å². The highest BCUT2D eigenvalue weighted by Crippen LogP contribution is 2.64. The van der Waals surface area contributed by atoms with Gasteiger partial charge in [0.25, 0.3) is 0 Å². The molecule has 6 atom stereocenters. The summed E-state index contributed by atoms with van der Waals surface area (Å²) >= 11 is 0. The van der Waals surface area contributed by atoms with E-state index in [1.54, 1.807) is 0 Å². The van der Waals surface area contributed by atoms with Crippen LogP contribution >= 0.6 is 0 Å². The fourth-order valence-corrected chi connectivity index (χ4v) is 6.31. The molecule has 3 nitrogen and oxygen atoms in total. The SMILES string of the molecule is C[C@H]1C=C2NC(=O)CCC2(C)C2CC[C@]3(C)CC(=O)CC3C21. The normalized spacial score (nSPS) is 50.6. The van der Waals surface area contributed by atoms with Gasteiger partial charge < -0.3 is 5.32 Å². The molecule has 4 aliphatic rings. The van der Waals surface area contributed by atoms with Crippen LogP contribution in [0.2, 0.25) is 0 Å². The summed E-state index contributed by atoms with van der Waals surface area (Å²) in [6.07, 6.45) is 7.88. The molecule has 22 heavy (non-hydrogen) atoms. The standard InChI is InChI=1S/C19H27NO2/c1-11-8-15-19(3,7-5-16(22)20-15)13-4-6-18(2)10-12(21)9-14(18)17(11)13/h8,11,13-14,17H,4-7,9-10H2,1-3H3,(H,20,22)/t11-,13?,14?,17?,18+,19?/m0/s1. The Morgan fingerprint density at radius 1 is 1.18 bits per heavy atom. The second kappa shape index (κ2) is 4.46. The molecule has 1 amide bonds. The first-order valence-corrected chi connectivity index (χ1v) is 8.87. The van der Waals surface area contributed by atoms with Crippen molar-refractivity contribution < 1.29 is 9.59 Å². The van der Waals surface area contributed by atoms with E-state index in [0.29, 0.717) is 35.9 Å². The molecule has 3 heteroatoms. The Morgan fingerprint density at radius 3 is 2.73 bits per heavy atom. The number of rotatable bonds is 0. The lowest BCUT2D eigenvalue weighted by molar-refractivity contribution is -0.125. The molecule has 4 unspecified atom stereocenters. The van der Waals surface area contributed by atoms with Crippen molar-refractivity contribution in [3.8, 4) is 0 Å². The van der Waals surface area contributed by atoms with Crippen LogP contribution in [0.5, 0.6) is 0 Å². The lowest BCUT2D eigenvalue weighted by atomic mass is 9.48. The highest BCUT2D eigenvalue weighted by Gasteiger charge is 2.59. The van der Waals surface area contributed by atoms with E-state index < -0.39 is 0 Å². The number of fused-ring (bicyclic) bond motifs is 5. The fraction of sp³-hybridized carbons (Fsp3) is 0.789. The quantitative estimate of drug-likeness (QED) is 0.745. The molecule has 4 rings (SSSR count). The number of ketones is 1. The molecule has 2 saturated carbocycles. The smallest absolute Gasteiger partial charge is 0.224 e. The summed E-state index contributed by atoms with van der Waals surface area (Å²) in [5, 5.41) is 3.16. The molecule has 0 radical (unpaired) electrons. The number of Topliss-reactive ketones (excluding diaryl/α,β-unsaturated/α-hetero) is 1. The van der Waals surface area contributed by atoms with Crippen LogP contribution in [0.1, 0.15) is 59.3 Å². The van der Waals surface area contributed by atoms with E-state index in [1.165, 1.54) is 18.5 Å². The molecule has 0 aromatic rings. The van der Waals surface area contributed by atoms with Crippen LogP contribution < -0.4 is 5.32 Å². The van der Waals surface area contributed by atoms with Gasteiger partial charge in [-0.2, -0.15) is 0 Å². The molecule has 0 aromatic heterocycles. The fourth-order valence-electron chi connectivity index (χ4n) is 6.31. The van der Waals surface area contributed by atoms with E-state index in [4.69, 9.17) is 0 Å². The third-order valence-corrected chi connectivity index (χ3v) is 7.52. The minimum absolute atomic E-state index is 0.109. The highest BCUT2D eigenvalue weighted by molar-refractivity contribution is 5.82. The molecule has 1 N–H and O–H groups in total. The predicted octanol–water partition coefficient (Wildman–Crippen LogP) is 3.45. The van der Waals surface area contributed by atoms with Crippen molar-refractivity contribution in [2.24, 2.45) is 34.5 Å². The minimum Gasteiger partial charge on any atom is -0.330 e. The number of hydrogen-bond donors (Lipinski definition) is 1. The third-order valence-electron chi connectivity index (χ3n) is 7.52. The molecule has 0 spiro atoms. The van der Waals surface area contributed by atoms with Gasteiger partial charge in [0.2, 0.25) is 5.91 Å². The Bertz CT molecular complexity index is 580. The van der Waals surface area contributed by atoms with Gasteiger partial charge in [-0.1, -0.05) is 26.8 Å². The van der Waals surface area contributed by atoms with E-state index in [-0.39, 0.29) is 16.7 Å². The topological polar surface area (TPSA) is 46.2 Å². The summed E-state index contributed by atoms with van der Waals surface area (Å²) in [7, 11) is 0. The van der Waals surface area contributed by atoms with E-state index in [2.05, 4.69) is 32.2 Å². The number of carbonyl (C=O) groups is 2. The van der Waals surface area contributed by atoms with Crippen LogP contribution in [-0.2, 0) is 9.59 Å². The van der Waals surface area contributed by atoms with E-state index in [9.17, 15) is 9.59 Å². The van der Waals surface area contributed by atoms with Gasteiger partial charge in [-0.05, 0) is 48.3 Å². The number of carbonyl (C=O) groups excluding carboxylic acids is 2. The molecule has 3 aliphatic carbocycles. The Morgan fingerprint density at radius 2 is 1.95 bits per heavy atom. The number of amides is 1. The largest absolute Gasteiger partial charge is 0.330 e. The summed E-state index contributed by atoms with van der Waals surface area (Å²) in [6.45, 7) is 6.98. The van der Waals surface area contributed by atoms with Crippen molar-refractivity contribution in [3.63, 3.8) is 0 Å². The summed E-state index contributed by atoms with van der Waals surface area (Å²) in [5.74, 6) is 2.87. The average molecular weight is 301 g/mol. The predicted molar refractivity (Wildman–Crippen MR) is 84.8 cm³/mol. The van der Waals surface area contributed by atoms with Gasteiger partial charge in [0.05, 0.1) is 0 Å². The monoisotopic (exact) mass is 301 g/mol. The first-order chi connectivity index (χ1) is 10.3. The Balaban J connectivity index is 1.75. The van der Waals surface area contributed by atoms with Crippen LogP contribution in [0.3, 0.4) is 0 Å². The zero-order valence-corrected chi connectivity index (χ0v) is 13.9. The van der Waals surface area contributed by atoms with Crippen LogP contribution in [0, 0.1) is 34.5 Å². The van der Waals surface area contributed by atoms with Crippen molar-refractivity contribution in [1.29, 1.82) is 0 Å². The molecular weight excluding hydrogens is 274 g/mol. The van der Waals surface area contributed by atoms with Crippen LogP contribution in [-0.4, -0.2) is 11.7 Å². The molecular formula is C19H27NO2. The lowest BCUT2D eigenvalue weighted by Crippen LogP contribution is -2.54. The average Bonchev–Trinajstić information content (AvgIpc) is 2.75. The van der Waals surface area contributed by atoms with Gasteiger partial charge in [-0.25, -0.2) is 0 Å². The summed E-state index contributed by atoms with van der Waals surface area (Å²) in [5.41, 5.74) is 1.51. The van der Waals surface area contributed by atoms with E-state index in [1.807, 2.05) is 0 Å². The van der Waals surface area contributed by atoms with Gasteiger partial charge in [0.15, 0.2) is 0 Å². The first kappa shape index (κ1) is 14.5. The number of allylic oxidation sites excluding steroid dienone is 2. The third kappa shape index (κ3) is 1.80. The molecule has 3 fully saturated rings. The highest BCUT2D eigenvalue weighted by atomic mass is 16.1. The number of nitrogens with one attached hydrogen (secondary N) is 1. The zero-order chi connectivity index (χ0) is 15.7. The van der Waals surface area contributed by atoms with Gasteiger partial charge in [-0.3, -0.25) is 9.59 Å². The van der Waals surface area contributed by atoms with Crippen molar-refractivity contribution in [1.82, 2.24) is 5.32 Å². The van der Waals surface area contributed by atoms with Gasteiger partial charge >= 0.3 is 0 Å². The van der Waals surface area contributed by atoms with Crippen molar-refractivity contribution in [3.05, 3.63) is 11.8 Å². The lowest BCUT2D eigenvalue weighted by Gasteiger charge is -2.58. The molecule has 120 valence electrons. The van der Waals surface area contributed by atoms with E-state index >= 15 is 0 Å². The summed E-state index contributed by atoms with van der Waals surface area (Å²) in [4.78, 5) is 23.9. The summed E-state index contributed by atoms with van der Waals surface area (Å²) in [6, 6.07) is 0. The van der Waals surface area contributed by atoms with Crippen molar-refractivity contribution in [2.45, 2.75) is 59.3 Å². The number of hydrogen-bond acceptors (Lipinski definition) is 2. The Kier molecular flexibility index (Phi) is 2.93. The first-order valence-electron chi connectivity index (χ1n) is 8.87. The van der Waals surface area contributed by atoms with Gasteiger partial charge in [0, 0.05) is 30.4 Å². The second-order valence-corrected chi connectivity index (χ2v) is 8.81. The Hall–Kier alpha value is -1.12. The maximum atomic E-state index is 12.1. The van der Waals surface area contributed by atoms with Crippen LogP contribution in [0.25, 0.3) is 0 Å². The van der Waals surface area contributed by atoms with Crippen molar-refractivity contribution >= 4 is 11.7 Å². The molecule has 1 saturated heterocycles. The minimum atomic E-state index is 0.109. The molecule has 0 bridgehead atoms. The number of piperidine rings is 1. The van der Waals surface area contributed by atoms with Crippen molar-refractivity contribution in [2.75, 3.05) is 0 Å². The zero-order valence-electron chi connectivity index (χ0n) is 13.9. The second-order valence-electron chi connectivity index (χ2n) is 8.81. The molecule has 1 aliphatic heterocycles. The van der Waals surface area contributed by atoms with E-state index in [0.717, 1.165) is 19.3 Å². The summed E-state index contributed by atoms with van der Waals surface area (Å²) < 4.78 is 0. The maximum absolute atomic E-state index is 12.1. The maximum Gasteiger partial charge on any atom is 0.224 e. The molecule has 0 aromatic carbocycles. The molecule has 1 heterocycles. The van der Waals surface area contributed by atoms with Crippen LogP contribution in [0.4, 0.5) is 0 Å². The van der Waals surface area contributed by atoms with Gasteiger partial charge in [0.1, 0.15) is 5.78 Å². The van der Waals surface area contributed by atoms with Crippen LogP contribution in [0.15, 0.2) is 11.8 Å².